The van der Waals surface area contributed by atoms with E-state index in [9.17, 15) is 0 Å². The molecule has 0 aliphatic carbocycles. The van der Waals surface area contributed by atoms with Gasteiger partial charge >= 0.3 is 0 Å². The Bertz CT molecular complexity index is 944. The van der Waals surface area contributed by atoms with E-state index in [0.717, 1.165) is 41.2 Å². The fourth-order valence-corrected chi connectivity index (χ4v) is 2.77. The standard InChI is InChI=1S/C21H28N6O2/c1-5-7-19-25-20(29-27-19)16-9-6-8-15(10-16)12-23-21(22-4)24-13-17-11-18(14(2)3)26-28-17/h6,8-11,14H,5,7,12-13H2,1-4H3,(H2,22,23,24). The lowest BCUT2D eigenvalue weighted by Gasteiger charge is -2.11. The first-order chi connectivity index (χ1) is 14.1. The predicted molar refractivity (Wildman–Crippen MR) is 111 cm³/mol. The molecule has 2 aromatic heterocycles. The molecular weight excluding hydrogens is 368 g/mol. The zero-order valence-corrected chi connectivity index (χ0v) is 17.4. The SMILES string of the molecule is CCCc1noc(-c2cccc(CNC(=NC)NCc3cc(C(C)C)no3)c2)n1. The van der Waals surface area contributed by atoms with Gasteiger partial charge in [-0.1, -0.05) is 43.2 Å². The first kappa shape index (κ1) is 20.6. The summed E-state index contributed by atoms with van der Waals surface area (Å²) in [6.45, 7) is 7.39. The minimum absolute atomic E-state index is 0.342. The molecule has 0 unspecified atom stereocenters. The van der Waals surface area contributed by atoms with Crippen molar-refractivity contribution in [3.05, 3.63) is 53.2 Å². The van der Waals surface area contributed by atoms with Gasteiger partial charge in [-0.3, -0.25) is 4.99 Å². The molecule has 0 bridgehead atoms. The molecule has 0 spiro atoms. The summed E-state index contributed by atoms with van der Waals surface area (Å²) in [7, 11) is 1.74. The Kier molecular flexibility index (Phi) is 6.99. The van der Waals surface area contributed by atoms with E-state index in [4.69, 9.17) is 9.05 Å². The molecular formula is C21H28N6O2. The van der Waals surface area contributed by atoms with E-state index in [1.54, 1.807) is 7.05 Å². The Balaban J connectivity index is 1.56. The van der Waals surface area contributed by atoms with Gasteiger partial charge in [-0.05, 0) is 30.0 Å². The van der Waals surface area contributed by atoms with Gasteiger partial charge in [-0.2, -0.15) is 4.98 Å². The van der Waals surface area contributed by atoms with E-state index in [1.165, 1.54) is 0 Å². The summed E-state index contributed by atoms with van der Waals surface area (Å²) in [6, 6.07) is 9.99. The Labute approximate surface area is 170 Å². The van der Waals surface area contributed by atoms with E-state index in [-0.39, 0.29) is 0 Å². The molecule has 0 atom stereocenters. The summed E-state index contributed by atoms with van der Waals surface area (Å²) in [5.41, 5.74) is 2.94. The molecule has 8 nitrogen and oxygen atoms in total. The maximum Gasteiger partial charge on any atom is 0.257 e. The van der Waals surface area contributed by atoms with Crippen molar-refractivity contribution < 1.29 is 9.05 Å². The Morgan fingerprint density at radius 1 is 1.10 bits per heavy atom. The maximum absolute atomic E-state index is 5.38. The highest BCUT2D eigenvalue weighted by Crippen LogP contribution is 2.19. The fraction of sp³-hybridized carbons (Fsp3) is 0.429. The van der Waals surface area contributed by atoms with Crippen LogP contribution in [0.2, 0.25) is 0 Å². The normalized spacial score (nSPS) is 11.8. The number of nitrogens with zero attached hydrogens (tertiary/aromatic N) is 4. The van der Waals surface area contributed by atoms with E-state index >= 15 is 0 Å². The quantitative estimate of drug-likeness (QED) is 0.442. The average Bonchev–Trinajstić information content (AvgIpc) is 3.38. The first-order valence-electron chi connectivity index (χ1n) is 9.91. The Morgan fingerprint density at radius 3 is 2.66 bits per heavy atom. The highest BCUT2D eigenvalue weighted by molar-refractivity contribution is 5.79. The monoisotopic (exact) mass is 396 g/mol. The molecule has 2 heterocycles. The third kappa shape index (κ3) is 5.66. The summed E-state index contributed by atoms with van der Waals surface area (Å²) in [4.78, 5) is 8.71. The lowest BCUT2D eigenvalue weighted by molar-refractivity contribution is 0.372. The minimum Gasteiger partial charge on any atom is -0.359 e. The van der Waals surface area contributed by atoms with Crippen molar-refractivity contribution in [2.75, 3.05) is 7.05 Å². The number of aryl methyl sites for hydroxylation is 1. The van der Waals surface area contributed by atoms with Gasteiger partial charge in [0, 0.05) is 31.6 Å². The predicted octanol–water partition coefficient (Wildman–Crippen LogP) is 3.67. The number of aromatic nitrogens is 3. The van der Waals surface area contributed by atoms with Crippen LogP contribution in [0.5, 0.6) is 0 Å². The van der Waals surface area contributed by atoms with Gasteiger partial charge in [0.15, 0.2) is 17.5 Å². The summed E-state index contributed by atoms with van der Waals surface area (Å²) < 4.78 is 10.7. The molecule has 0 amide bonds. The maximum atomic E-state index is 5.38. The van der Waals surface area contributed by atoms with Crippen LogP contribution in [-0.2, 0) is 19.5 Å². The van der Waals surface area contributed by atoms with Gasteiger partial charge in [0.05, 0.1) is 12.2 Å². The van der Waals surface area contributed by atoms with Crippen LogP contribution in [0.15, 0.2) is 44.4 Å². The fourth-order valence-electron chi connectivity index (χ4n) is 2.77. The number of nitrogens with one attached hydrogen (secondary N) is 2. The van der Waals surface area contributed by atoms with Crippen molar-refractivity contribution in [1.29, 1.82) is 0 Å². The van der Waals surface area contributed by atoms with Crippen LogP contribution in [-0.4, -0.2) is 28.3 Å². The highest BCUT2D eigenvalue weighted by Gasteiger charge is 2.10. The van der Waals surface area contributed by atoms with Gasteiger partial charge < -0.3 is 19.7 Å². The molecule has 154 valence electrons. The second-order valence-electron chi connectivity index (χ2n) is 7.12. The molecule has 0 radical (unpaired) electrons. The Hall–Kier alpha value is -3.16. The zero-order chi connectivity index (χ0) is 20.6. The molecule has 1 aromatic carbocycles. The van der Waals surface area contributed by atoms with Crippen LogP contribution in [0.1, 0.15) is 56.0 Å². The number of hydrogen-bond acceptors (Lipinski definition) is 6. The molecule has 8 heteroatoms. The average molecular weight is 396 g/mol. The van der Waals surface area contributed by atoms with Crippen molar-refractivity contribution in [3.63, 3.8) is 0 Å². The molecule has 0 saturated carbocycles. The zero-order valence-electron chi connectivity index (χ0n) is 17.4. The lowest BCUT2D eigenvalue weighted by Crippen LogP contribution is -2.36. The van der Waals surface area contributed by atoms with Crippen LogP contribution < -0.4 is 10.6 Å². The third-order valence-corrected chi connectivity index (χ3v) is 4.40. The van der Waals surface area contributed by atoms with Crippen LogP contribution in [0.4, 0.5) is 0 Å². The van der Waals surface area contributed by atoms with Crippen molar-refractivity contribution in [2.24, 2.45) is 4.99 Å². The van der Waals surface area contributed by atoms with Crippen LogP contribution >= 0.6 is 0 Å². The summed E-state index contributed by atoms with van der Waals surface area (Å²) >= 11 is 0. The summed E-state index contributed by atoms with van der Waals surface area (Å²) in [5, 5.41) is 14.6. The van der Waals surface area contributed by atoms with E-state index in [1.807, 2.05) is 30.3 Å². The van der Waals surface area contributed by atoms with Gasteiger partial charge in [-0.15, -0.1) is 0 Å². The first-order valence-corrected chi connectivity index (χ1v) is 9.91. The Morgan fingerprint density at radius 2 is 1.93 bits per heavy atom. The molecule has 3 rings (SSSR count). The minimum atomic E-state index is 0.342. The number of benzene rings is 1. The highest BCUT2D eigenvalue weighted by atomic mass is 16.5. The number of hydrogen-bond donors (Lipinski definition) is 2. The molecule has 2 N–H and O–H groups in total. The van der Waals surface area contributed by atoms with Crippen molar-refractivity contribution in [2.45, 2.75) is 52.6 Å². The van der Waals surface area contributed by atoms with Crippen molar-refractivity contribution in [3.8, 4) is 11.5 Å². The molecule has 0 saturated heterocycles. The van der Waals surface area contributed by atoms with E-state index < -0.39 is 0 Å². The number of guanidine groups is 1. The molecule has 0 aliphatic rings. The second kappa shape index (κ2) is 9.86. The lowest BCUT2D eigenvalue weighted by atomic mass is 10.1. The topological polar surface area (TPSA) is 101 Å². The van der Waals surface area contributed by atoms with Gasteiger partial charge in [0.1, 0.15) is 0 Å². The van der Waals surface area contributed by atoms with Gasteiger partial charge in [0.25, 0.3) is 5.89 Å². The number of rotatable bonds is 8. The van der Waals surface area contributed by atoms with Gasteiger partial charge in [-0.25, -0.2) is 0 Å². The van der Waals surface area contributed by atoms with Gasteiger partial charge in [0.2, 0.25) is 0 Å². The van der Waals surface area contributed by atoms with Crippen LogP contribution in [0.25, 0.3) is 11.5 Å². The van der Waals surface area contributed by atoms with E-state index in [2.05, 4.69) is 51.7 Å². The molecule has 0 fully saturated rings. The third-order valence-electron chi connectivity index (χ3n) is 4.40. The smallest absolute Gasteiger partial charge is 0.257 e. The molecule has 3 aromatic rings. The molecule has 0 aliphatic heterocycles. The number of aliphatic imine (C=N–C) groups is 1. The molecule has 29 heavy (non-hydrogen) atoms. The summed E-state index contributed by atoms with van der Waals surface area (Å²) in [6.07, 6.45) is 1.80. The van der Waals surface area contributed by atoms with Crippen molar-refractivity contribution >= 4 is 5.96 Å². The van der Waals surface area contributed by atoms with Crippen LogP contribution in [0.3, 0.4) is 0 Å². The summed E-state index contributed by atoms with van der Waals surface area (Å²) in [5.74, 6) is 3.08. The second-order valence-corrected chi connectivity index (χ2v) is 7.12. The largest absolute Gasteiger partial charge is 0.359 e. The van der Waals surface area contributed by atoms with E-state index in [0.29, 0.717) is 30.9 Å². The van der Waals surface area contributed by atoms with Crippen LogP contribution in [0, 0.1) is 0 Å². The van der Waals surface area contributed by atoms with Crippen molar-refractivity contribution in [1.82, 2.24) is 25.9 Å².